The van der Waals surface area contributed by atoms with Crippen LogP contribution < -0.4 is 10.2 Å². The Kier molecular flexibility index (Phi) is 9.32. The van der Waals surface area contributed by atoms with E-state index in [1.807, 2.05) is 35.2 Å². The van der Waals surface area contributed by atoms with Gasteiger partial charge < -0.3 is 15.0 Å². The average Bonchev–Trinajstić information content (AvgIpc) is 3.41. The number of anilines is 1. The molecule has 2 aliphatic rings. The first-order valence-corrected chi connectivity index (χ1v) is 13.1. The van der Waals surface area contributed by atoms with Crippen LogP contribution in [0.4, 0.5) is 5.69 Å². The molecule has 0 atom stereocenters. The van der Waals surface area contributed by atoms with E-state index in [0.29, 0.717) is 19.5 Å². The Balaban J connectivity index is 1.32. The molecule has 1 aliphatic carbocycles. The molecule has 1 saturated carbocycles. The number of benzene rings is 2. The number of hydrogen-bond donors (Lipinski definition) is 1. The van der Waals surface area contributed by atoms with Crippen molar-refractivity contribution in [1.29, 1.82) is 0 Å². The van der Waals surface area contributed by atoms with Gasteiger partial charge in [-0.15, -0.1) is 0 Å². The number of aryl methyl sites for hydroxylation is 1. The van der Waals surface area contributed by atoms with Crippen molar-refractivity contribution in [3.05, 3.63) is 65.2 Å². The lowest BCUT2D eigenvalue weighted by molar-refractivity contribution is -0.122. The fraction of sp³-hybridized carbons (Fsp3) is 0.517. The summed E-state index contributed by atoms with van der Waals surface area (Å²) >= 11 is 0. The van der Waals surface area contributed by atoms with Gasteiger partial charge in [-0.05, 0) is 56.0 Å². The largest absolute Gasteiger partial charge is 0.379 e. The molecule has 2 fully saturated rings. The zero-order chi connectivity index (χ0) is 24.5. The molecule has 0 aromatic heterocycles. The van der Waals surface area contributed by atoms with Gasteiger partial charge in [-0.25, -0.2) is 0 Å². The van der Waals surface area contributed by atoms with Gasteiger partial charge in [-0.1, -0.05) is 54.8 Å². The normalized spacial score (nSPS) is 16.8. The third kappa shape index (κ3) is 7.64. The van der Waals surface area contributed by atoms with Gasteiger partial charge in [0.15, 0.2) is 0 Å². The van der Waals surface area contributed by atoms with Crippen LogP contribution in [0.1, 0.15) is 48.8 Å². The van der Waals surface area contributed by atoms with Gasteiger partial charge >= 0.3 is 0 Å². The van der Waals surface area contributed by atoms with E-state index >= 15 is 0 Å². The molecule has 1 aliphatic heterocycles. The second-order valence-electron chi connectivity index (χ2n) is 9.90. The minimum atomic E-state index is 0.0402. The summed E-state index contributed by atoms with van der Waals surface area (Å²) in [6, 6.07) is 16.3. The molecular formula is C29H39N3O3. The van der Waals surface area contributed by atoms with Gasteiger partial charge in [0.2, 0.25) is 11.8 Å². The second kappa shape index (κ2) is 12.8. The van der Waals surface area contributed by atoms with E-state index in [1.54, 1.807) is 0 Å². The third-order valence-electron chi connectivity index (χ3n) is 7.08. The Hall–Kier alpha value is -2.70. The Bertz CT molecular complexity index is 963. The molecule has 1 saturated heterocycles. The Morgan fingerprint density at radius 1 is 1.03 bits per heavy atom. The third-order valence-corrected chi connectivity index (χ3v) is 7.08. The van der Waals surface area contributed by atoms with Crippen molar-refractivity contribution < 1.29 is 14.3 Å². The van der Waals surface area contributed by atoms with Gasteiger partial charge in [-0.3, -0.25) is 14.5 Å². The lowest BCUT2D eigenvalue weighted by atomic mass is 10.0. The lowest BCUT2D eigenvalue weighted by Crippen LogP contribution is -2.38. The number of nitrogens with one attached hydrogen (secondary N) is 1. The van der Waals surface area contributed by atoms with E-state index in [0.717, 1.165) is 81.8 Å². The van der Waals surface area contributed by atoms with E-state index in [9.17, 15) is 9.59 Å². The van der Waals surface area contributed by atoms with E-state index in [1.165, 1.54) is 5.56 Å². The summed E-state index contributed by atoms with van der Waals surface area (Å²) in [5, 5.41) is 3.04. The van der Waals surface area contributed by atoms with Gasteiger partial charge in [0, 0.05) is 31.2 Å². The topological polar surface area (TPSA) is 61.9 Å². The lowest BCUT2D eigenvalue weighted by Gasteiger charge is -2.26. The molecule has 2 amide bonds. The zero-order valence-corrected chi connectivity index (χ0v) is 21.0. The summed E-state index contributed by atoms with van der Waals surface area (Å²) in [6.45, 7) is 7.89. The molecule has 2 aromatic rings. The SMILES string of the molecule is Cc1cccc(CN(C(=O)C2CCCC2)c2ccc(CC(=O)NCCCN3CCOCC3)cc2)c1. The van der Waals surface area contributed by atoms with Gasteiger partial charge in [0.25, 0.3) is 0 Å². The van der Waals surface area contributed by atoms with Crippen molar-refractivity contribution in [1.82, 2.24) is 10.2 Å². The fourth-order valence-electron chi connectivity index (χ4n) is 5.08. The van der Waals surface area contributed by atoms with E-state index in [-0.39, 0.29) is 17.7 Å². The molecule has 0 spiro atoms. The smallest absolute Gasteiger partial charge is 0.230 e. The summed E-state index contributed by atoms with van der Waals surface area (Å²) in [4.78, 5) is 30.1. The number of nitrogens with zero attached hydrogens (tertiary/aromatic N) is 2. The Morgan fingerprint density at radius 2 is 1.77 bits per heavy atom. The Morgan fingerprint density at radius 3 is 2.49 bits per heavy atom. The van der Waals surface area contributed by atoms with Gasteiger partial charge in [0.05, 0.1) is 26.2 Å². The minimum absolute atomic E-state index is 0.0402. The molecule has 1 N–H and O–H groups in total. The van der Waals surface area contributed by atoms with Crippen molar-refractivity contribution in [2.45, 2.75) is 52.0 Å². The van der Waals surface area contributed by atoms with E-state index in [2.05, 4.69) is 35.3 Å². The summed E-state index contributed by atoms with van der Waals surface area (Å²) in [5.74, 6) is 0.371. The van der Waals surface area contributed by atoms with Gasteiger partial charge in [-0.2, -0.15) is 0 Å². The van der Waals surface area contributed by atoms with Crippen LogP contribution in [0.25, 0.3) is 0 Å². The van der Waals surface area contributed by atoms with E-state index in [4.69, 9.17) is 4.74 Å². The number of carbonyl (C=O) groups excluding carboxylic acids is 2. The first-order valence-electron chi connectivity index (χ1n) is 13.1. The molecule has 2 aromatic carbocycles. The predicted octanol–water partition coefficient (Wildman–Crippen LogP) is 4.10. The molecule has 6 nitrogen and oxygen atoms in total. The Labute approximate surface area is 209 Å². The van der Waals surface area contributed by atoms with Crippen molar-refractivity contribution >= 4 is 17.5 Å². The number of morpholine rings is 1. The maximum Gasteiger partial charge on any atom is 0.230 e. The van der Waals surface area contributed by atoms with Gasteiger partial charge in [0.1, 0.15) is 0 Å². The van der Waals surface area contributed by atoms with Crippen molar-refractivity contribution in [2.75, 3.05) is 44.3 Å². The second-order valence-corrected chi connectivity index (χ2v) is 9.90. The fourth-order valence-corrected chi connectivity index (χ4v) is 5.08. The summed E-state index contributed by atoms with van der Waals surface area (Å²) < 4.78 is 5.37. The summed E-state index contributed by atoms with van der Waals surface area (Å²) in [6.07, 6.45) is 5.53. The predicted molar refractivity (Wildman–Crippen MR) is 139 cm³/mol. The maximum absolute atomic E-state index is 13.4. The standard InChI is InChI=1S/C29H39N3O3/c1-23-6-4-7-25(20-23)22-32(29(34)26-8-2-3-9-26)27-12-10-24(11-13-27)21-28(33)30-14-5-15-31-16-18-35-19-17-31/h4,6-7,10-13,20,26H,2-3,5,8-9,14-19,21-22H2,1H3,(H,30,33). The van der Waals surface area contributed by atoms with Crippen molar-refractivity contribution in [2.24, 2.45) is 5.92 Å². The van der Waals surface area contributed by atoms with Crippen LogP contribution in [-0.4, -0.2) is 56.1 Å². The number of ether oxygens (including phenoxy) is 1. The number of hydrogen-bond acceptors (Lipinski definition) is 4. The molecule has 0 radical (unpaired) electrons. The van der Waals surface area contributed by atoms with Crippen LogP contribution >= 0.6 is 0 Å². The molecule has 4 rings (SSSR count). The number of rotatable bonds is 10. The molecule has 0 bridgehead atoms. The van der Waals surface area contributed by atoms with Crippen LogP contribution in [-0.2, 0) is 27.3 Å². The van der Waals surface area contributed by atoms with Crippen LogP contribution in [0, 0.1) is 12.8 Å². The van der Waals surface area contributed by atoms with Crippen LogP contribution in [0.2, 0.25) is 0 Å². The summed E-state index contributed by atoms with van der Waals surface area (Å²) in [7, 11) is 0. The van der Waals surface area contributed by atoms with E-state index < -0.39 is 0 Å². The molecule has 188 valence electrons. The minimum Gasteiger partial charge on any atom is -0.379 e. The molecule has 6 heteroatoms. The molecular weight excluding hydrogens is 438 g/mol. The molecule has 0 unspecified atom stereocenters. The highest BCUT2D eigenvalue weighted by Crippen LogP contribution is 2.30. The quantitative estimate of drug-likeness (QED) is 0.524. The summed E-state index contributed by atoms with van der Waals surface area (Å²) in [5.41, 5.74) is 4.19. The zero-order valence-electron chi connectivity index (χ0n) is 21.0. The molecule has 1 heterocycles. The first-order chi connectivity index (χ1) is 17.1. The highest BCUT2D eigenvalue weighted by Gasteiger charge is 2.28. The molecule has 35 heavy (non-hydrogen) atoms. The number of carbonyl (C=O) groups is 2. The highest BCUT2D eigenvalue weighted by atomic mass is 16.5. The first kappa shape index (κ1) is 25.4. The van der Waals surface area contributed by atoms with Crippen molar-refractivity contribution in [3.8, 4) is 0 Å². The average molecular weight is 478 g/mol. The maximum atomic E-state index is 13.4. The highest BCUT2D eigenvalue weighted by molar-refractivity contribution is 5.95. The van der Waals surface area contributed by atoms with Crippen molar-refractivity contribution in [3.63, 3.8) is 0 Å². The number of amides is 2. The monoisotopic (exact) mass is 477 g/mol. The van der Waals surface area contributed by atoms with Crippen LogP contribution in [0.15, 0.2) is 48.5 Å². The van der Waals surface area contributed by atoms with Crippen LogP contribution in [0.3, 0.4) is 0 Å². The van der Waals surface area contributed by atoms with Crippen LogP contribution in [0.5, 0.6) is 0 Å².